The average molecular weight is 214 g/mol. The summed E-state index contributed by atoms with van der Waals surface area (Å²) in [6.07, 6.45) is 2.03. The normalized spacial score (nSPS) is 10.4. The van der Waals surface area contributed by atoms with Crippen LogP contribution in [-0.4, -0.2) is 24.8 Å². The Balaban J connectivity index is 2.21. The van der Waals surface area contributed by atoms with Gasteiger partial charge in [-0.2, -0.15) is 0 Å². The van der Waals surface area contributed by atoms with Crippen molar-refractivity contribution in [1.82, 2.24) is 5.32 Å². The van der Waals surface area contributed by atoms with Crippen LogP contribution in [0.4, 0.5) is 0 Å². The first-order valence-electron chi connectivity index (χ1n) is 4.89. The van der Waals surface area contributed by atoms with Crippen molar-refractivity contribution < 1.29 is 5.11 Å². The maximum atomic E-state index is 8.54. The van der Waals surface area contributed by atoms with E-state index in [4.69, 9.17) is 16.7 Å². The molecule has 2 nitrogen and oxygen atoms in total. The van der Waals surface area contributed by atoms with E-state index < -0.39 is 0 Å². The Hall–Kier alpha value is -0.570. The molecule has 0 aromatic heterocycles. The highest BCUT2D eigenvalue weighted by Gasteiger charge is 1.97. The molecule has 1 aromatic carbocycles. The molecule has 0 heterocycles. The summed E-state index contributed by atoms with van der Waals surface area (Å²) in [5.74, 6) is 0. The molecule has 78 valence electrons. The molecule has 0 amide bonds. The third kappa shape index (κ3) is 4.09. The van der Waals surface area contributed by atoms with Gasteiger partial charge in [0.25, 0.3) is 0 Å². The lowest BCUT2D eigenvalue weighted by atomic mass is 10.1. The molecule has 3 heteroatoms. The summed E-state index contributed by atoms with van der Waals surface area (Å²) >= 11 is 6.00. The summed E-state index contributed by atoms with van der Waals surface area (Å²) in [5.41, 5.74) is 1.19. The second kappa shape index (κ2) is 6.82. The van der Waals surface area contributed by atoms with Gasteiger partial charge in [0.2, 0.25) is 0 Å². The molecule has 1 rings (SSSR count). The standard InChI is InChI=1S/C11H16ClNO/c12-11-6-2-1-4-10(11)5-3-7-13-8-9-14/h1-2,4,6,13-14H,3,5,7-9H2. The first-order chi connectivity index (χ1) is 6.84. The van der Waals surface area contributed by atoms with Crippen molar-refractivity contribution in [3.05, 3.63) is 34.9 Å². The molecule has 14 heavy (non-hydrogen) atoms. The van der Waals surface area contributed by atoms with Crippen LogP contribution in [0.25, 0.3) is 0 Å². The monoisotopic (exact) mass is 213 g/mol. The van der Waals surface area contributed by atoms with Gasteiger partial charge in [0.15, 0.2) is 0 Å². The van der Waals surface area contributed by atoms with Gasteiger partial charge < -0.3 is 10.4 Å². The van der Waals surface area contributed by atoms with Crippen molar-refractivity contribution in [2.75, 3.05) is 19.7 Å². The van der Waals surface area contributed by atoms with Crippen molar-refractivity contribution in [3.8, 4) is 0 Å². The van der Waals surface area contributed by atoms with Crippen molar-refractivity contribution >= 4 is 11.6 Å². The third-order valence-electron chi connectivity index (χ3n) is 2.05. The number of hydrogen-bond acceptors (Lipinski definition) is 2. The van der Waals surface area contributed by atoms with Gasteiger partial charge in [0, 0.05) is 11.6 Å². The zero-order valence-corrected chi connectivity index (χ0v) is 8.93. The number of aryl methyl sites for hydroxylation is 1. The predicted octanol–water partition coefficient (Wildman–Crippen LogP) is 1.85. The molecule has 0 spiro atoms. The van der Waals surface area contributed by atoms with Crippen LogP contribution in [0.1, 0.15) is 12.0 Å². The Kier molecular flexibility index (Phi) is 5.60. The highest BCUT2D eigenvalue weighted by molar-refractivity contribution is 6.31. The predicted molar refractivity (Wildman–Crippen MR) is 59.7 cm³/mol. The summed E-state index contributed by atoms with van der Waals surface area (Å²) < 4.78 is 0. The summed E-state index contributed by atoms with van der Waals surface area (Å²) in [6.45, 7) is 1.79. The lowest BCUT2D eigenvalue weighted by molar-refractivity contribution is 0.292. The number of halogens is 1. The van der Waals surface area contributed by atoms with E-state index in [-0.39, 0.29) is 6.61 Å². The second-order valence-corrected chi connectivity index (χ2v) is 3.58. The molecule has 2 N–H and O–H groups in total. The van der Waals surface area contributed by atoms with Crippen LogP contribution in [0, 0.1) is 0 Å². The fourth-order valence-corrected chi connectivity index (χ4v) is 1.54. The molecular formula is C11H16ClNO. The molecule has 0 radical (unpaired) electrons. The second-order valence-electron chi connectivity index (χ2n) is 3.17. The van der Waals surface area contributed by atoms with Crippen LogP contribution in [0.15, 0.2) is 24.3 Å². The molecule has 0 aliphatic carbocycles. The van der Waals surface area contributed by atoms with Gasteiger partial charge >= 0.3 is 0 Å². The minimum atomic E-state index is 0.200. The van der Waals surface area contributed by atoms with Crippen LogP contribution < -0.4 is 5.32 Å². The van der Waals surface area contributed by atoms with E-state index in [9.17, 15) is 0 Å². The highest BCUT2D eigenvalue weighted by atomic mass is 35.5. The van der Waals surface area contributed by atoms with Gasteiger partial charge in [-0.05, 0) is 31.0 Å². The maximum absolute atomic E-state index is 8.54. The van der Waals surface area contributed by atoms with Gasteiger partial charge in [0.05, 0.1) is 6.61 Å². The van der Waals surface area contributed by atoms with Crippen molar-refractivity contribution in [1.29, 1.82) is 0 Å². The number of rotatable bonds is 6. The molecular weight excluding hydrogens is 198 g/mol. The first kappa shape index (κ1) is 11.5. The number of aliphatic hydroxyl groups is 1. The van der Waals surface area contributed by atoms with Gasteiger partial charge in [-0.15, -0.1) is 0 Å². The summed E-state index contributed by atoms with van der Waals surface area (Å²) in [4.78, 5) is 0. The SMILES string of the molecule is OCCNCCCc1ccccc1Cl. The zero-order chi connectivity index (χ0) is 10.2. The largest absolute Gasteiger partial charge is 0.395 e. The van der Waals surface area contributed by atoms with Crippen LogP contribution in [0.2, 0.25) is 5.02 Å². The summed E-state index contributed by atoms with van der Waals surface area (Å²) in [7, 11) is 0. The minimum Gasteiger partial charge on any atom is -0.395 e. The van der Waals surface area contributed by atoms with E-state index in [2.05, 4.69) is 5.32 Å². The molecule has 1 aromatic rings. The Morgan fingerprint density at radius 3 is 2.71 bits per heavy atom. The van der Waals surface area contributed by atoms with E-state index in [1.165, 1.54) is 5.56 Å². The molecule has 0 saturated heterocycles. The number of nitrogens with one attached hydrogen (secondary N) is 1. The molecule has 0 saturated carbocycles. The Labute approximate surface area is 89.9 Å². The quantitative estimate of drug-likeness (QED) is 0.707. The lowest BCUT2D eigenvalue weighted by Crippen LogP contribution is -2.19. The van der Waals surface area contributed by atoms with E-state index in [1.807, 2.05) is 24.3 Å². The number of aliphatic hydroxyl groups excluding tert-OH is 1. The first-order valence-corrected chi connectivity index (χ1v) is 5.27. The van der Waals surface area contributed by atoms with E-state index in [0.717, 1.165) is 24.4 Å². The fraction of sp³-hybridized carbons (Fsp3) is 0.455. The topological polar surface area (TPSA) is 32.3 Å². The molecule has 0 aliphatic heterocycles. The van der Waals surface area contributed by atoms with Crippen molar-refractivity contribution in [3.63, 3.8) is 0 Å². The van der Waals surface area contributed by atoms with E-state index in [1.54, 1.807) is 0 Å². The van der Waals surface area contributed by atoms with E-state index in [0.29, 0.717) is 6.54 Å². The Bertz CT molecular complexity index is 265. The van der Waals surface area contributed by atoms with Crippen LogP contribution in [0.5, 0.6) is 0 Å². The van der Waals surface area contributed by atoms with E-state index >= 15 is 0 Å². The Morgan fingerprint density at radius 2 is 2.00 bits per heavy atom. The molecule has 0 fully saturated rings. The smallest absolute Gasteiger partial charge is 0.0555 e. The zero-order valence-electron chi connectivity index (χ0n) is 8.17. The summed E-state index contributed by atoms with van der Waals surface area (Å²) in [6, 6.07) is 7.91. The van der Waals surface area contributed by atoms with Crippen LogP contribution in [-0.2, 0) is 6.42 Å². The van der Waals surface area contributed by atoms with Gasteiger partial charge in [-0.3, -0.25) is 0 Å². The lowest BCUT2D eigenvalue weighted by Gasteiger charge is -2.04. The molecule has 0 bridgehead atoms. The van der Waals surface area contributed by atoms with Crippen molar-refractivity contribution in [2.45, 2.75) is 12.8 Å². The van der Waals surface area contributed by atoms with Gasteiger partial charge in [0.1, 0.15) is 0 Å². The number of hydrogen-bond donors (Lipinski definition) is 2. The third-order valence-corrected chi connectivity index (χ3v) is 2.41. The maximum Gasteiger partial charge on any atom is 0.0555 e. The molecule has 0 unspecified atom stereocenters. The van der Waals surface area contributed by atoms with Crippen LogP contribution in [0.3, 0.4) is 0 Å². The van der Waals surface area contributed by atoms with Crippen molar-refractivity contribution in [2.24, 2.45) is 0 Å². The number of benzene rings is 1. The van der Waals surface area contributed by atoms with Crippen LogP contribution >= 0.6 is 11.6 Å². The van der Waals surface area contributed by atoms with Gasteiger partial charge in [-0.1, -0.05) is 29.8 Å². The highest BCUT2D eigenvalue weighted by Crippen LogP contribution is 2.15. The minimum absolute atomic E-state index is 0.200. The summed E-state index contributed by atoms with van der Waals surface area (Å²) in [5, 5.41) is 12.5. The average Bonchev–Trinajstić information content (AvgIpc) is 2.20. The Morgan fingerprint density at radius 1 is 1.21 bits per heavy atom. The molecule has 0 aliphatic rings. The fourth-order valence-electron chi connectivity index (χ4n) is 1.31. The van der Waals surface area contributed by atoms with Gasteiger partial charge in [-0.25, -0.2) is 0 Å². The molecule has 0 atom stereocenters.